The van der Waals surface area contributed by atoms with Crippen molar-refractivity contribution in [1.29, 1.82) is 0 Å². The Morgan fingerprint density at radius 1 is 1.33 bits per heavy atom. The second-order valence-electron chi connectivity index (χ2n) is 5.76. The number of nitrogens with zero attached hydrogens (tertiary/aromatic N) is 1. The van der Waals surface area contributed by atoms with Crippen LogP contribution in [-0.4, -0.2) is 10.6 Å². The zero-order valence-corrected chi connectivity index (χ0v) is 11.5. The van der Waals surface area contributed by atoms with Crippen LogP contribution in [0.1, 0.15) is 44.0 Å². The van der Waals surface area contributed by atoms with Crippen LogP contribution in [0, 0.1) is 6.92 Å². The lowest BCUT2D eigenvalue weighted by atomic mass is 10.1. The van der Waals surface area contributed by atoms with Crippen molar-refractivity contribution in [2.75, 3.05) is 0 Å². The highest BCUT2D eigenvalue weighted by Gasteiger charge is 2.21. The fourth-order valence-corrected chi connectivity index (χ4v) is 2.74. The Labute approximate surface area is 109 Å². The number of rotatable bonds is 4. The second kappa shape index (κ2) is 4.43. The Morgan fingerprint density at radius 2 is 2.11 bits per heavy atom. The van der Waals surface area contributed by atoms with Crippen LogP contribution in [0.15, 0.2) is 24.3 Å². The summed E-state index contributed by atoms with van der Waals surface area (Å²) < 4.78 is 2.47. The van der Waals surface area contributed by atoms with Crippen LogP contribution in [0.5, 0.6) is 0 Å². The van der Waals surface area contributed by atoms with Crippen LogP contribution < -0.4 is 5.32 Å². The molecule has 18 heavy (non-hydrogen) atoms. The van der Waals surface area contributed by atoms with Crippen molar-refractivity contribution in [2.24, 2.45) is 0 Å². The largest absolute Gasteiger partial charge is 0.341 e. The summed E-state index contributed by atoms with van der Waals surface area (Å²) in [5.41, 5.74) is 4.17. The molecule has 0 bridgehead atoms. The van der Waals surface area contributed by atoms with E-state index in [1.54, 1.807) is 0 Å². The van der Waals surface area contributed by atoms with Crippen molar-refractivity contribution in [1.82, 2.24) is 9.88 Å². The first-order valence-electron chi connectivity index (χ1n) is 6.99. The fourth-order valence-electron chi connectivity index (χ4n) is 2.74. The molecule has 2 nitrogen and oxygen atoms in total. The van der Waals surface area contributed by atoms with E-state index >= 15 is 0 Å². The lowest BCUT2D eigenvalue weighted by Gasteiger charge is -2.15. The Hall–Kier alpha value is -1.28. The molecule has 0 amide bonds. The number of aromatic nitrogens is 1. The van der Waals surface area contributed by atoms with E-state index in [0.29, 0.717) is 6.04 Å². The van der Waals surface area contributed by atoms with E-state index in [9.17, 15) is 0 Å². The van der Waals surface area contributed by atoms with E-state index in [0.717, 1.165) is 12.6 Å². The van der Waals surface area contributed by atoms with Gasteiger partial charge in [-0.1, -0.05) is 12.1 Å². The highest BCUT2D eigenvalue weighted by atomic mass is 15.1. The average molecular weight is 242 g/mol. The maximum Gasteiger partial charge on any atom is 0.0488 e. The standard InChI is InChI=1S/C16H22N2/c1-11(2)18-14(10-17-13-7-8-13)9-15-12(3)5-4-6-16(15)18/h4-6,9,11,13,17H,7-8,10H2,1-3H3. The van der Waals surface area contributed by atoms with Gasteiger partial charge in [-0.15, -0.1) is 0 Å². The molecule has 2 heteroatoms. The van der Waals surface area contributed by atoms with Gasteiger partial charge in [0.2, 0.25) is 0 Å². The molecule has 0 unspecified atom stereocenters. The lowest BCUT2D eigenvalue weighted by molar-refractivity contribution is 0.565. The Morgan fingerprint density at radius 3 is 2.78 bits per heavy atom. The first-order valence-corrected chi connectivity index (χ1v) is 6.99. The highest BCUT2D eigenvalue weighted by Crippen LogP contribution is 2.27. The summed E-state index contributed by atoms with van der Waals surface area (Å²) in [6, 6.07) is 10.2. The van der Waals surface area contributed by atoms with Gasteiger partial charge in [0.15, 0.2) is 0 Å². The lowest BCUT2D eigenvalue weighted by Crippen LogP contribution is -2.18. The third kappa shape index (κ3) is 2.05. The molecule has 0 aliphatic heterocycles. The molecule has 2 aromatic rings. The zero-order valence-electron chi connectivity index (χ0n) is 11.5. The minimum absolute atomic E-state index is 0.514. The van der Waals surface area contributed by atoms with Gasteiger partial charge in [0.1, 0.15) is 0 Å². The predicted octanol–water partition coefficient (Wildman–Crippen LogP) is 3.78. The van der Waals surface area contributed by atoms with Gasteiger partial charge < -0.3 is 9.88 Å². The van der Waals surface area contributed by atoms with E-state index in [2.05, 4.69) is 54.9 Å². The topological polar surface area (TPSA) is 17.0 Å². The van der Waals surface area contributed by atoms with E-state index in [4.69, 9.17) is 0 Å². The third-order valence-electron chi connectivity index (χ3n) is 3.85. The van der Waals surface area contributed by atoms with Crippen molar-refractivity contribution < 1.29 is 0 Å². The molecule has 0 saturated heterocycles. The summed E-state index contributed by atoms with van der Waals surface area (Å²) in [7, 11) is 0. The van der Waals surface area contributed by atoms with Crippen molar-refractivity contribution >= 4 is 10.9 Å². The summed E-state index contributed by atoms with van der Waals surface area (Å²) >= 11 is 0. The molecule has 96 valence electrons. The van der Waals surface area contributed by atoms with Gasteiger partial charge in [0, 0.05) is 35.2 Å². The molecular formula is C16H22N2. The van der Waals surface area contributed by atoms with Gasteiger partial charge in [-0.2, -0.15) is 0 Å². The van der Waals surface area contributed by atoms with E-state index in [1.165, 1.54) is 35.0 Å². The summed E-state index contributed by atoms with van der Waals surface area (Å²) in [5, 5.41) is 5.03. The molecule has 0 spiro atoms. The highest BCUT2D eigenvalue weighted by molar-refractivity contribution is 5.84. The second-order valence-corrected chi connectivity index (χ2v) is 5.76. The summed E-state index contributed by atoms with van der Waals surface area (Å²) in [6.07, 6.45) is 2.70. The van der Waals surface area contributed by atoms with Crippen LogP contribution in [0.4, 0.5) is 0 Å². The van der Waals surface area contributed by atoms with Gasteiger partial charge >= 0.3 is 0 Å². The van der Waals surface area contributed by atoms with Crippen molar-refractivity contribution in [3.8, 4) is 0 Å². The molecular weight excluding hydrogens is 220 g/mol. The minimum atomic E-state index is 0.514. The Balaban J connectivity index is 2.04. The number of aryl methyl sites for hydroxylation is 1. The van der Waals surface area contributed by atoms with Gasteiger partial charge in [0.05, 0.1) is 0 Å². The van der Waals surface area contributed by atoms with Gasteiger partial charge in [-0.05, 0) is 51.3 Å². The summed E-state index contributed by atoms with van der Waals surface area (Å²) in [5.74, 6) is 0. The van der Waals surface area contributed by atoms with Crippen molar-refractivity contribution in [3.63, 3.8) is 0 Å². The molecule has 0 atom stereocenters. The zero-order chi connectivity index (χ0) is 12.7. The van der Waals surface area contributed by atoms with E-state index < -0.39 is 0 Å². The minimum Gasteiger partial charge on any atom is -0.341 e. The van der Waals surface area contributed by atoms with Crippen molar-refractivity contribution in [3.05, 3.63) is 35.5 Å². The van der Waals surface area contributed by atoms with E-state index in [-0.39, 0.29) is 0 Å². The van der Waals surface area contributed by atoms with Gasteiger partial charge in [0.25, 0.3) is 0 Å². The van der Waals surface area contributed by atoms with Gasteiger partial charge in [-0.25, -0.2) is 0 Å². The third-order valence-corrected chi connectivity index (χ3v) is 3.85. The molecule has 1 aliphatic carbocycles. The average Bonchev–Trinajstić information content (AvgIpc) is 3.06. The molecule has 1 aromatic heterocycles. The molecule has 3 rings (SSSR count). The quantitative estimate of drug-likeness (QED) is 0.863. The summed E-state index contributed by atoms with van der Waals surface area (Å²) in [4.78, 5) is 0. The molecule has 1 N–H and O–H groups in total. The van der Waals surface area contributed by atoms with Gasteiger partial charge in [-0.3, -0.25) is 0 Å². The first kappa shape index (κ1) is 11.8. The number of hydrogen-bond donors (Lipinski definition) is 1. The normalized spacial score (nSPS) is 15.8. The van der Waals surface area contributed by atoms with Crippen LogP contribution >= 0.6 is 0 Å². The first-order chi connectivity index (χ1) is 8.66. The monoisotopic (exact) mass is 242 g/mol. The number of benzene rings is 1. The van der Waals surface area contributed by atoms with Crippen LogP contribution in [0.3, 0.4) is 0 Å². The van der Waals surface area contributed by atoms with Crippen LogP contribution in [0.25, 0.3) is 10.9 Å². The molecule has 1 aliphatic rings. The molecule has 1 aromatic carbocycles. The smallest absolute Gasteiger partial charge is 0.0488 e. The Bertz CT molecular complexity index is 562. The SMILES string of the molecule is Cc1cccc2c1cc(CNC1CC1)n2C(C)C. The van der Waals surface area contributed by atoms with Crippen molar-refractivity contribution in [2.45, 2.75) is 52.2 Å². The maximum atomic E-state index is 3.63. The van der Waals surface area contributed by atoms with Crippen LogP contribution in [0.2, 0.25) is 0 Å². The number of hydrogen-bond acceptors (Lipinski definition) is 1. The maximum absolute atomic E-state index is 3.63. The number of nitrogens with one attached hydrogen (secondary N) is 1. The number of fused-ring (bicyclic) bond motifs is 1. The Kier molecular flexibility index (Phi) is 2.90. The molecule has 1 fully saturated rings. The van der Waals surface area contributed by atoms with E-state index in [1.807, 2.05) is 0 Å². The summed E-state index contributed by atoms with van der Waals surface area (Å²) in [6.45, 7) is 7.73. The molecule has 1 saturated carbocycles. The predicted molar refractivity (Wildman–Crippen MR) is 76.9 cm³/mol. The van der Waals surface area contributed by atoms with Crippen LogP contribution in [-0.2, 0) is 6.54 Å². The fraction of sp³-hybridized carbons (Fsp3) is 0.500. The molecule has 1 heterocycles. The molecule has 0 radical (unpaired) electrons.